The summed E-state index contributed by atoms with van der Waals surface area (Å²) in [7, 11) is 0. The number of hydrogen-bond donors (Lipinski definition) is 0. The van der Waals surface area contributed by atoms with Crippen LogP contribution in [-0.2, 0) is 9.53 Å². The van der Waals surface area contributed by atoms with E-state index in [1.165, 1.54) is 5.56 Å². The fourth-order valence-electron chi connectivity index (χ4n) is 2.22. The van der Waals surface area contributed by atoms with E-state index in [1.807, 2.05) is 19.9 Å². The monoisotopic (exact) mass is 262 g/mol. The molecule has 0 aromatic heterocycles. The van der Waals surface area contributed by atoms with Crippen LogP contribution in [0.3, 0.4) is 0 Å². The summed E-state index contributed by atoms with van der Waals surface area (Å²) in [6, 6.07) is 10.5. The van der Waals surface area contributed by atoms with E-state index in [0.717, 1.165) is 6.42 Å². The zero-order chi connectivity index (χ0) is 14.5. The van der Waals surface area contributed by atoms with Crippen LogP contribution in [0.25, 0.3) is 0 Å². The number of ether oxygens (including phenoxy) is 1. The molecule has 0 aliphatic heterocycles. The van der Waals surface area contributed by atoms with Gasteiger partial charge in [0.1, 0.15) is 0 Å². The Labute approximate surface area is 117 Å². The molecular formula is C17H26O2. The van der Waals surface area contributed by atoms with Crippen LogP contribution in [0.5, 0.6) is 0 Å². The first kappa shape index (κ1) is 15.7. The van der Waals surface area contributed by atoms with Crippen LogP contribution in [0.2, 0.25) is 0 Å². The second kappa shape index (κ2) is 6.74. The molecule has 1 rings (SSSR count). The Bertz CT molecular complexity index is 393. The van der Waals surface area contributed by atoms with Gasteiger partial charge in [0.15, 0.2) is 0 Å². The van der Waals surface area contributed by atoms with Crippen molar-refractivity contribution in [3.8, 4) is 0 Å². The Morgan fingerprint density at radius 3 is 2.26 bits per heavy atom. The molecule has 2 heteroatoms. The van der Waals surface area contributed by atoms with Gasteiger partial charge in [-0.25, -0.2) is 0 Å². The third kappa shape index (κ3) is 5.46. The van der Waals surface area contributed by atoms with Gasteiger partial charge in [-0.15, -0.1) is 0 Å². The average Bonchev–Trinajstić information content (AvgIpc) is 2.36. The first-order chi connectivity index (χ1) is 8.82. The van der Waals surface area contributed by atoms with Crippen LogP contribution in [0.15, 0.2) is 30.3 Å². The molecule has 106 valence electrons. The first-order valence-corrected chi connectivity index (χ1v) is 7.03. The van der Waals surface area contributed by atoms with E-state index in [9.17, 15) is 4.79 Å². The maximum atomic E-state index is 11.5. The molecule has 0 fully saturated rings. The van der Waals surface area contributed by atoms with Gasteiger partial charge in [0.05, 0.1) is 12.5 Å². The van der Waals surface area contributed by atoms with E-state index in [0.29, 0.717) is 12.5 Å². The molecule has 0 N–H and O–H groups in total. The van der Waals surface area contributed by atoms with Gasteiger partial charge < -0.3 is 4.74 Å². The van der Waals surface area contributed by atoms with E-state index in [2.05, 4.69) is 45.0 Å². The predicted octanol–water partition coefficient (Wildman–Crippen LogP) is 4.41. The van der Waals surface area contributed by atoms with Crippen molar-refractivity contribution in [1.82, 2.24) is 0 Å². The lowest BCUT2D eigenvalue weighted by Gasteiger charge is -2.28. The Morgan fingerprint density at radius 2 is 1.74 bits per heavy atom. The quantitative estimate of drug-likeness (QED) is 0.710. The van der Waals surface area contributed by atoms with Crippen molar-refractivity contribution < 1.29 is 9.53 Å². The lowest BCUT2D eigenvalue weighted by Crippen LogP contribution is -2.25. The number of carbonyl (C=O) groups is 1. The number of carbonyl (C=O) groups excluding carboxylic acids is 1. The maximum absolute atomic E-state index is 11.5. The summed E-state index contributed by atoms with van der Waals surface area (Å²) in [5.74, 6) is 0.303. The van der Waals surface area contributed by atoms with Crippen molar-refractivity contribution >= 4 is 5.97 Å². The number of rotatable bonds is 6. The van der Waals surface area contributed by atoms with E-state index < -0.39 is 0 Å². The molecule has 1 aromatic carbocycles. The summed E-state index contributed by atoms with van der Waals surface area (Å²) >= 11 is 0. The molecule has 19 heavy (non-hydrogen) atoms. The van der Waals surface area contributed by atoms with Gasteiger partial charge in [-0.05, 0) is 23.3 Å². The lowest BCUT2D eigenvalue weighted by atomic mass is 9.81. The van der Waals surface area contributed by atoms with Gasteiger partial charge >= 0.3 is 5.97 Å². The second-order valence-corrected chi connectivity index (χ2v) is 6.44. The number of hydrogen-bond acceptors (Lipinski definition) is 2. The highest BCUT2D eigenvalue weighted by Crippen LogP contribution is 2.31. The fraction of sp³-hybridized carbons (Fsp3) is 0.588. The third-order valence-electron chi connectivity index (χ3n) is 3.30. The van der Waals surface area contributed by atoms with Gasteiger partial charge in [-0.3, -0.25) is 4.79 Å². The standard InChI is InChI=1S/C17H26O2/c1-13(2)16(18)19-12-17(4,5)11-14(3)15-9-7-6-8-10-15/h6-10,13-14H,11-12H2,1-5H3/t14-/m0/s1. The molecule has 0 amide bonds. The topological polar surface area (TPSA) is 26.3 Å². The van der Waals surface area contributed by atoms with E-state index >= 15 is 0 Å². The molecule has 1 aromatic rings. The molecule has 0 aliphatic carbocycles. The Balaban J connectivity index is 2.52. The van der Waals surface area contributed by atoms with Crippen molar-refractivity contribution in [2.45, 2.75) is 47.0 Å². The lowest BCUT2D eigenvalue weighted by molar-refractivity contribution is -0.150. The summed E-state index contributed by atoms with van der Waals surface area (Å²) in [6.45, 7) is 10.7. The highest BCUT2D eigenvalue weighted by Gasteiger charge is 2.24. The molecule has 2 nitrogen and oxygen atoms in total. The van der Waals surface area contributed by atoms with Crippen LogP contribution >= 0.6 is 0 Å². The van der Waals surface area contributed by atoms with Crippen molar-refractivity contribution in [3.63, 3.8) is 0 Å². The summed E-state index contributed by atoms with van der Waals surface area (Å²) in [5, 5.41) is 0. The van der Waals surface area contributed by atoms with Crippen LogP contribution in [0, 0.1) is 11.3 Å². The summed E-state index contributed by atoms with van der Waals surface area (Å²) in [5.41, 5.74) is 1.34. The van der Waals surface area contributed by atoms with E-state index in [1.54, 1.807) is 0 Å². The number of benzene rings is 1. The maximum Gasteiger partial charge on any atom is 0.308 e. The molecule has 0 aliphatic rings. The summed E-state index contributed by atoms with van der Waals surface area (Å²) in [4.78, 5) is 11.5. The molecular weight excluding hydrogens is 236 g/mol. The highest BCUT2D eigenvalue weighted by molar-refractivity contribution is 5.71. The smallest absolute Gasteiger partial charge is 0.308 e. The summed E-state index contributed by atoms with van der Waals surface area (Å²) in [6.07, 6.45) is 1.00. The van der Waals surface area contributed by atoms with Crippen LogP contribution < -0.4 is 0 Å². The van der Waals surface area contributed by atoms with Crippen molar-refractivity contribution in [2.75, 3.05) is 6.61 Å². The average molecular weight is 262 g/mol. The van der Waals surface area contributed by atoms with Crippen LogP contribution in [0.4, 0.5) is 0 Å². The Kier molecular flexibility index (Phi) is 5.59. The predicted molar refractivity (Wildman–Crippen MR) is 79.1 cm³/mol. The normalized spacial score (nSPS) is 13.4. The van der Waals surface area contributed by atoms with Gasteiger partial charge in [0, 0.05) is 0 Å². The molecule has 0 heterocycles. The molecule has 1 atom stereocenters. The minimum Gasteiger partial charge on any atom is -0.465 e. The minimum absolute atomic E-state index is 0.000190. The number of esters is 1. The van der Waals surface area contributed by atoms with Crippen molar-refractivity contribution in [1.29, 1.82) is 0 Å². The van der Waals surface area contributed by atoms with E-state index in [4.69, 9.17) is 4.74 Å². The van der Waals surface area contributed by atoms with Gasteiger partial charge in [0.25, 0.3) is 0 Å². The Morgan fingerprint density at radius 1 is 1.16 bits per heavy atom. The molecule has 0 saturated carbocycles. The fourth-order valence-corrected chi connectivity index (χ4v) is 2.22. The van der Waals surface area contributed by atoms with Gasteiger partial charge in [-0.1, -0.05) is 65.0 Å². The highest BCUT2D eigenvalue weighted by atomic mass is 16.5. The zero-order valence-electron chi connectivity index (χ0n) is 12.8. The molecule has 0 radical (unpaired) electrons. The van der Waals surface area contributed by atoms with Crippen molar-refractivity contribution in [3.05, 3.63) is 35.9 Å². The molecule has 0 saturated heterocycles. The van der Waals surface area contributed by atoms with Gasteiger partial charge in [0.2, 0.25) is 0 Å². The Hall–Kier alpha value is -1.31. The van der Waals surface area contributed by atoms with E-state index in [-0.39, 0.29) is 17.3 Å². The van der Waals surface area contributed by atoms with Crippen LogP contribution in [-0.4, -0.2) is 12.6 Å². The van der Waals surface area contributed by atoms with Gasteiger partial charge in [-0.2, -0.15) is 0 Å². The SMILES string of the molecule is CC(C)C(=O)OCC(C)(C)C[C@H](C)c1ccccc1. The van der Waals surface area contributed by atoms with Crippen molar-refractivity contribution in [2.24, 2.45) is 11.3 Å². The zero-order valence-corrected chi connectivity index (χ0v) is 12.8. The molecule has 0 unspecified atom stereocenters. The third-order valence-corrected chi connectivity index (χ3v) is 3.30. The first-order valence-electron chi connectivity index (χ1n) is 7.03. The second-order valence-electron chi connectivity index (χ2n) is 6.44. The molecule has 0 bridgehead atoms. The molecule has 0 spiro atoms. The van der Waals surface area contributed by atoms with Crippen LogP contribution in [0.1, 0.15) is 52.5 Å². The summed E-state index contributed by atoms with van der Waals surface area (Å²) < 4.78 is 5.37. The minimum atomic E-state index is -0.111. The largest absolute Gasteiger partial charge is 0.465 e.